The van der Waals surface area contributed by atoms with Crippen molar-refractivity contribution >= 4 is 22.4 Å². The number of rotatable bonds is 3. The summed E-state index contributed by atoms with van der Waals surface area (Å²) in [6.07, 6.45) is 7.18. The van der Waals surface area contributed by atoms with E-state index in [0.29, 0.717) is 12.3 Å². The molecule has 0 saturated carbocycles. The van der Waals surface area contributed by atoms with Gasteiger partial charge in [-0.1, -0.05) is 42.5 Å². The summed E-state index contributed by atoms with van der Waals surface area (Å²) in [6, 6.07) is 14.4. The Morgan fingerprint density at radius 2 is 2.00 bits per heavy atom. The van der Waals surface area contributed by atoms with Gasteiger partial charge in [-0.25, -0.2) is 0 Å². The first-order valence-corrected chi connectivity index (χ1v) is 7.16. The van der Waals surface area contributed by atoms with Gasteiger partial charge in [-0.05, 0) is 41.7 Å². The third-order valence-electron chi connectivity index (χ3n) is 4.04. The summed E-state index contributed by atoms with van der Waals surface area (Å²) in [5.41, 5.74) is 0.968. The third-order valence-corrected chi connectivity index (χ3v) is 4.04. The van der Waals surface area contributed by atoms with Crippen LogP contribution in [0.2, 0.25) is 0 Å². The lowest BCUT2D eigenvalue weighted by Gasteiger charge is -2.19. The molecule has 3 rings (SSSR count). The number of benzene rings is 2. The number of carbonyl (C=O) groups is 1. The molecule has 102 valence electrons. The van der Waals surface area contributed by atoms with Crippen molar-refractivity contribution in [1.82, 2.24) is 0 Å². The Morgan fingerprint density at radius 3 is 2.75 bits per heavy atom. The molecule has 2 aromatic rings. The molecule has 1 unspecified atom stereocenters. The van der Waals surface area contributed by atoms with E-state index in [1.54, 1.807) is 4.90 Å². The van der Waals surface area contributed by atoms with Crippen molar-refractivity contribution in [3.8, 4) is 0 Å². The lowest BCUT2D eigenvalue weighted by Crippen LogP contribution is -2.27. The zero-order valence-electron chi connectivity index (χ0n) is 11.8. The second-order valence-electron chi connectivity index (χ2n) is 5.45. The van der Waals surface area contributed by atoms with Crippen LogP contribution in [0.1, 0.15) is 19.3 Å². The van der Waals surface area contributed by atoms with Gasteiger partial charge >= 0.3 is 0 Å². The normalized spacial score (nSPS) is 17.6. The first-order valence-electron chi connectivity index (χ1n) is 7.16. The minimum absolute atomic E-state index is 0.192. The fraction of sp³-hybridized carbons (Fsp3) is 0.278. The summed E-state index contributed by atoms with van der Waals surface area (Å²) in [5, 5.41) is 2.38. The molecule has 0 heterocycles. The zero-order valence-corrected chi connectivity index (χ0v) is 11.8. The van der Waals surface area contributed by atoms with E-state index in [-0.39, 0.29) is 5.91 Å². The molecular weight excluding hydrogens is 246 g/mol. The summed E-state index contributed by atoms with van der Waals surface area (Å²) in [5.74, 6) is 0.613. The van der Waals surface area contributed by atoms with Gasteiger partial charge in [0.05, 0.1) is 0 Å². The molecular formula is C18H19NO. The molecule has 1 atom stereocenters. The van der Waals surface area contributed by atoms with E-state index in [1.807, 2.05) is 25.2 Å². The molecule has 0 N–H and O–H groups in total. The standard InChI is InChI=1S/C18H19NO/c1-19(18(20)12-14-6-2-3-7-14)17-11-10-15-8-4-5-9-16(15)13-17/h2,4-6,8-11,13-14H,3,7,12H2,1H3. The van der Waals surface area contributed by atoms with Gasteiger partial charge in [0.1, 0.15) is 0 Å². The predicted molar refractivity (Wildman–Crippen MR) is 83.8 cm³/mol. The Labute approximate surface area is 119 Å². The fourth-order valence-corrected chi connectivity index (χ4v) is 2.76. The second-order valence-corrected chi connectivity index (χ2v) is 5.45. The number of hydrogen-bond donors (Lipinski definition) is 0. The highest BCUT2D eigenvalue weighted by Crippen LogP contribution is 2.25. The zero-order chi connectivity index (χ0) is 13.9. The van der Waals surface area contributed by atoms with E-state index < -0.39 is 0 Å². The Bertz CT molecular complexity index is 659. The predicted octanol–water partition coefficient (Wildman–Crippen LogP) is 4.16. The van der Waals surface area contributed by atoms with Gasteiger partial charge in [-0.15, -0.1) is 0 Å². The lowest BCUT2D eigenvalue weighted by atomic mass is 10.0. The van der Waals surface area contributed by atoms with Crippen molar-refractivity contribution in [1.29, 1.82) is 0 Å². The van der Waals surface area contributed by atoms with Crippen LogP contribution in [0.25, 0.3) is 10.8 Å². The number of fused-ring (bicyclic) bond motifs is 1. The lowest BCUT2D eigenvalue weighted by molar-refractivity contribution is -0.118. The maximum Gasteiger partial charge on any atom is 0.227 e. The van der Waals surface area contributed by atoms with Gasteiger partial charge in [0.2, 0.25) is 5.91 Å². The molecule has 0 spiro atoms. The number of hydrogen-bond acceptors (Lipinski definition) is 1. The van der Waals surface area contributed by atoms with Crippen molar-refractivity contribution in [2.45, 2.75) is 19.3 Å². The van der Waals surface area contributed by atoms with E-state index in [4.69, 9.17) is 0 Å². The van der Waals surface area contributed by atoms with Crippen LogP contribution in [0.5, 0.6) is 0 Å². The average molecular weight is 265 g/mol. The summed E-state index contributed by atoms with van der Waals surface area (Å²) in [6.45, 7) is 0. The van der Waals surface area contributed by atoms with Gasteiger partial charge in [0.15, 0.2) is 0 Å². The van der Waals surface area contributed by atoms with Gasteiger partial charge in [0, 0.05) is 19.2 Å². The molecule has 0 fully saturated rings. The smallest absolute Gasteiger partial charge is 0.227 e. The highest BCUT2D eigenvalue weighted by molar-refractivity contribution is 5.96. The van der Waals surface area contributed by atoms with Crippen LogP contribution in [-0.2, 0) is 4.79 Å². The molecule has 0 saturated heterocycles. The van der Waals surface area contributed by atoms with Gasteiger partial charge in [-0.2, -0.15) is 0 Å². The number of allylic oxidation sites excluding steroid dienone is 2. The molecule has 2 nitrogen and oxygen atoms in total. The van der Waals surface area contributed by atoms with Gasteiger partial charge in [0.25, 0.3) is 0 Å². The van der Waals surface area contributed by atoms with E-state index in [9.17, 15) is 4.79 Å². The number of anilines is 1. The highest BCUT2D eigenvalue weighted by atomic mass is 16.2. The van der Waals surface area contributed by atoms with E-state index in [1.165, 1.54) is 10.8 Å². The van der Waals surface area contributed by atoms with Crippen LogP contribution in [0.3, 0.4) is 0 Å². The molecule has 1 aliphatic carbocycles. The van der Waals surface area contributed by atoms with Crippen molar-refractivity contribution < 1.29 is 4.79 Å². The number of carbonyl (C=O) groups excluding carboxylic acids is 1. The first-order chi connectivity index (χ1) is 9.74. The molecule has 2 aromatic carbocycles. The molecule has 1 aliphatic rings. The van der Waals surface area contributed by atoms with Crippen LogP contribution in [-0.4, -0.2) is 13.0 Å². The minimum atomic E-state index is 0.192. The Morgan fingerprint density at radius 1 is 1.20 bits per heavy atom. The molecule has 20 heavy (non-hydrogen) atoms. The summed E-state index contributed by atoms with van der Waals surface area (Å²) in [7, 11) is 1.87. The Hall–Kier alpha value is -2.09. The highest BCUT2D eigenvalue weighted by Gasteiger charge is 2.18. The fourth-order valence-electron chi connectivity index (χ4n) is 2.76. The van der Waals surface area contributed by atoms with Crippen molar-refractivity contribution in [2.24, 2.45) is 5.92 Å². The van der Waals surface area contributed by atoms with Crippen molar-refractivity contribution in [3.05, 3.63) is 54.6 Å². The quantitative estimate of drug-likeness (QED) is 0.763. The molecule has 2 heteroatoms. The molecule has 0 aromatic heterocycles. The summed E-state index contributed by atoms with van der Waals surface area (Å²) < 4.78 is 0. The van der Waals surface area contributed by atoms with Crippen LogP contribution in [0.15, 0.2) is 54.6 Å². The van der Waals surface area contributed by atoms with E-state index >= 15 is 0 Å². The monoisotopic (exact) mass is 265 g/mol. The summed E-state index contributed by atoms with van der Waals surface area (Å²) >= 11 is 0. The largest absolute Gasteiger partial charge is 0.315 e. The van der Waals surface area contributed by atoms with Crippen LogP contribution in [0.4, 0.5) is 5.69 Å². The topological polar surface area (TPSA) is 20.3 Å². The van der Waals surface area contributed by atoms with Crippen LogP contribution >= 0.6 is 0 Å². The Kier molecular flexibility index (Phi) is 3.55. The minimum Gasteiger partial charge on any atom is -0.315 e. The average Bonchev–Trinajstić information content (AvgIpc) is 2.99. The molecule has 0 aliphatic heterocycles. The van der Waals surface area contributed by atoms with Crippen molar-refractivity contribution in [2.75, 3.05) is 11.9 Å². The maximum absolute atomic E-state index is 12.3. The molecule has 0 bridgehead atoms. The SMILES string of the molecule is CN(C(=O)CC1C=CCC1)c1ccc2ccccc2c1. The van der Waals surface area contributed by atoms with Crippen molar-refractivity contribution in [3.63, 3.8) is 0 Å². The van der Waals surface area contributed by atoms with Crippen LogP contribution < -0.4 is 4.90 Å². The second kappa shape index (κ2) is 5.49. The van der Waals surface area contributed by atoms with Crippen LogP contribution in [0, 0.1) is 5.92 Å². The first kappa shape index (κ1) is 12.9. The van der Waals surface area contributed by atoms with Gasteiger partial charge in [-0.3, -0.25) is 4.79 Å². The molecule has 0 radical (unpaired) electrons. The number of amides is 1. The van der Waals surface area contributed by atoms with Gasteiger partial charge < -0.3 is 4.90 Å². The van der Waals surface area contributed by atoms with E-state index in [2.05, 4.69) is 36.4 Å². The maximum atomic E-state index is 12.3. The Balaban J connectivity index is 1.78. The van der Waals surface area contributed by atoms with E-state index in [0.717, 1.165) is 18.5 Å². The number of nitrogens with zero attached hydrogens (tertiary/aromatic N) is 1. The summed E-state index contributed by atoms with van der Waals surface area (Å²) in [4.78, 5) is 14.1. The third kappa shape index (κ3) is 2.60. The molecule has 1 amide bonds.